The number of rotatable bonds is 13. The number of aromatic nitrogens is 2. The number of pyridine rings is 2. The number of carbonyl (C=O) groups excluding carboxylic acids is 2. The second-order valence-corrected chi connectivity index (χ2v) is 20.3. The van der Waals surface area contributed by atoms with Gasteiger partial charge in [-0.15, -0.1) is 0 Å². The predicted molar refractivity (Wildman–Crippen MR) is 213 cm³/mol. The summed E-state index contributed by atoms with van der Waals surface area (Å²) in [6.07, 6.45) is 5.06. The van der Waals surface area contributed by atoms with E-state index < -0.39 is 8.32 Å². The molecule has 276 valence electrons. The summed E-state index contributed by atoms with van der Waals surface area (Å²) in [5, 5.41) is 15.4. The van der Waals surface area contributed by atoms with Crippen LogP contribution < -0.4 is 10.6 Å². The number of aryl methyl sites for hydroxylation is 2. The van der Waals surface area contributed by atoms with Crippen molar-refractivity contribution in [3.63, 3.8) is 0 Å². The maximum atomic E-state index is 13.7. The van der Waals surface area contributed by atoms with Gasteiger partial charge in [-0.3, -0.25) is 19.5 Å². The first-order valence-corrected chi connectivity index (χ1v) is 21.3. The SMILES string of the molecule is Cc1cc(C(=O)Nc2cccc(-c3cccc(NC(=O)c4ccc(CCCCO)cn4)c3C)c2C)nc2c1CCN(CCO[Si](C)(C)C(C)(C)C)C2. The van der Waals surface area contributed by atoms with Crippen molar-refractivity contribution in [3.05, 3.63) is 106 Å². The Morgan fingerprint density at radius 2 is 1.54 bits per heavy atom. The Labute approximate surface area is 310 Å². The average molecular weight is 722 g/mol. The third-order valence-electron chi connectivity index (χ3n) is 10.8. The van der Waals surface area contributed by atoms with Crippen LogP contribution in [0, 0.1) is 20.8 Å². The van der Waals surface area contributed by atoms with Crippen molar-refractivity contribution in [1.29, 1.82) is 0 Å². The highest BCUT2D eigenvalue weighted by atomic mass is 28.4. The number of anilines is 2. The lowest BCUT2D eigenvalue weighted by molar-refractivity contribution is 0.101. The quantitative estimate of drug-likeness (QED) is 0.0940. The Hall–Kier alpha value is -4.22. The number of benzene rings is 2. The zero-order chi connectivity index (χ0) is 37.6. The highest BCUT2D eigenvalue weighted by Crippen LogP contribution is 2.37. The molecule has 0 spiro atoms. The van der Waals surface area contributed by atoms with Crippen LogP contribution in [0.5, 0.6) is 0 Å². The van der Waals surface area contributed by atoms with Crippen LogP contribution in [0.15, 0.2) is 60.8 Å². The minimum Gasteiger partial charge on any atom is -0.416 e. The van der Waals surface area contributed by atoms with Crippen LogP contribution in [-0.4, -0.2) is 66.4 Å². The minimum absolute atomic E-state index is 0.172. The summed E-state index contributed by atoms with van der Waals surface area (Å²) in [6, 6.07) is 17.2. The van der Waals surface area contributed by atoms with Crippen molar-refractivity contribution >= 4 is 31.5 Å². The van der Waals surface area contributed by atoms with Crippen molar-refractivity contribution in [2.75, 3.05) is 36.9 Å². The zero-order valence-corrected chi connectivity index (χ0v) is 33.2. The number of fused-ring (bicyclic) bond motifs is 1. The van der Waals surface area contributed by atoms with Gasteiger partial charge in [0.1, 0.15) is 11.4 Å². The van der Waals surface area contributed by atoms with E-state index in [0.717, 1.165) is 77.8 Å². The molecule has 0 saturated carbocycles. The maximum Gasteiger partial charge on any atom is 0.274 e. The molecule has 1 aliphatic heterocycles. The smallest absolute Gasteiger partial charge is 0.274 e. The third-order valence-corrected chi connectivity index (χ3v) is 15.3. The number of amides is 2. The van der Waals surface area contributed by atoms with E-state index in [1.165, 1.54) is 5.56 Å². The Morgan fingerprint density at radius 3 is 2.12 bits per heavy atom. The van der Waals surface area contributed by atoms with Gasteiger partial charge in [0.25, 0.3) is 11.8 Å². The maximum absolute atomic E-state index is 13.7. The molecule has 5 rings (SSSR count). The number of aliphatic hydroxyl groups is 1. The Bertz CT molecular complexity index is 1900. The van der Waals surface area contributed by atoms with Gasteiger partial charge in [-0.2, -0.15) is 0 Å². The van der Waals surface area contributed by atoms with Gasteiger partial charge in [0.2, 0.25) is 0 Å². The van der Waals surface area contributed by atoms with Gasteiger partial charge < -0.3 is 20.2 Å². The zero-order valence-electron chi connectivity index (χ0n) is 32.2. The van der Waals surface area contributed by atoms with Crippen LogP contribution in [0.3, 0.4) is 0 Å². The second kappa shape index (κ2) is 16.6. The molecule has 2 aromatic heterocycles. The van der Waals surface area contributed by atoms with Crippen LogP contribution in [0.1, 0.15) is 88.1 Å². The van der Waals surface area contributed by atoms with Crippen LogP contribution in [0.25, 0.3) is 11.1 Å². The Balaban J connectivity index is 1.27. The molecule has 52 heavy (non-hydrogen) atoms. The van der Waals surface area contributed by atoms with E-state index in [4.69, 9.17) is 14.5 Å². The first-order valence-electron chi connectivity index (χ1n) is 18.4. The van der Waals surface area contributed by atoms with Crippen molar-refractivity contribution < 1.29 is 19.1 Å². The first-order chi connectivity index (χ1) is 24.7. The van der Waals surface area contributed by atoms with E-state index in [2.05, 4.69) is 61.3 Å². The monoisotopic (exact) mass is 721 g/mol. The number of nitrogens with zero attached hydrogens (tertiary/aromatic N) is 3. The van der Waals surface area contributed by atoms with Crippen LogP contribution in [0.2, 0.25) is 18.1 Å². The lowest BCUT2D eigenvalue weighted by atomic mass is 9.94. The summed E-state index contributed by atoms with van der Waals surface area (Å²) in [4.78, 5) is 38.5. The lowest BCUT2D eigenvalue weighted by Crippen LogP contribution is -2.43. The number of nitrogens with one attached hydrogen (secondary N) is 2. The van der Waals surface area contributed by atoms with Crippen molar-refractivity contribution in [1.82, 2.24) is 14.9 Å². The molecule has 2 aromatic carbocycles. The van der Waals surface area contributed by atoms with Crippen molar-refractivity contribution in [2.45, 2.75) is 91.9 Å². The number of hydrogen-bond donors (Lipinski definition) is 3. The van der Waals surface area contributed by atoms with Gasteiger partial charge in [-0.1, -0.05) is 51.1 Å². The largest absolute Gasteiger partial charge is 0.416 e. The van der Waals surface area contributed by atoms with Crippen LogP contribution in [-0.2, 0) is 23.8 Å². The van der Waals surface area contributed by atoms with E-state index in [-0.39, 0.29) is 23.5 Å². The molecule has 0 atom stereocenters. The van der Waals surface area contributed by atoms with E-state index in [1.54, 1.807) is 12.3 Å². The molecule has 0 unspecified atom stereocenters. The summed E-state index contributed by atoms with van der Waals surface area (Å²) in [5.41, 5.74) is 10.2. The third kappa shape index (κ3) is 9.22. The Morgan fingerprint density at radius 1 is 0.904 bits per heavy atom. The standard InChI is InChI=1S/C42H55N5O4Si/c1-28-25-38(44-39-27-47(21-20-32(28)39)22-24-51-52(7,8)42(4,5)6)41(50)46-36-17-12-15-34(30(36)3)33-14-11-16-35(29(33)2)45-40(49)37-19-18-31(26-43-37)13-9-10-23-48/h11-12,14-19,25-26,48H,9-10,13,20-24,27H2,1-8H3,(H,45,49)(H,46,50). The fourth-order valence-corrected chi connectivity index (χ4v) is 7.43. The molecule has 3 N–H and O–H groups in total. The predicted octanol–water partition coefficient (Wildman–Crippen LogP) is 8.27. The fraction of sp³-hybridized carbons (Fsp3) is 0.429. The molecule has 9 nitrogen and oxygen atoms in total. The topological polar surface area (TPSA) is 117 Å². The van der Waals surface area contributed by atoms with Crippen molar-refractivity contribution in [3.8, 4) is 11.1 Å². The molecule has 10 heteroatoms. The molecular weight excluding hydrogens is 667 g/mol. The summed E-state index contributed by atoms with van der Waals surface area (Å²) in [7, 11) is -1.81. The van der Waals surface area contributed by atoms with E-state index in [1.807, 2.05) is 62.4 Å². The van der Waals surface area contributed by atoms with E-state index in [9.17, 15) is 9.59 Å². The minimum atomic E-state index is -1.81. The molecule has 0 fully saturated rings. The lowest BCUT2D eigenvalue weighted by Gasteiger charge is -2.37. The molecule has 0 radical (unpaired) electrons. The van der Waals surface area contributed by atoms with Gasteiger partial charge >= 0.3 is 0 Å². The Kier molecular flexibility index (Phi) is 12.5. The summed E-state index contributed by atoms with van der Waals surface area (Å²) >= 11 is 0. The highest BCUT2D eigenvalue weighted by molar-refractivity contribution is 6.74. The number of aliphatic hydroxyl groups excluding tert-OH is 1. The molecule has 4 aromatic rings. The van der Waals surface area contributed by atoms with Crippen molar-refractivity contribution in [2.24, 2.45) is 0 Å². The molecule has 0 aliphatic carbocycles. The van der Waals surface area contributed by atoms with Gasteiger partial charge in [-0.25, -0.2) is 4.98 Å². The summed E-state index contributed by atoms with van der Waals surface area (Å²) < 4.78 is 6.44. The van der Waals surface area contributed by atoms with Gasteiger partial charge in [0.15, 0.2) is 8.32 Å². The van der Waals surface area contributed by atoms with E-state index >= 15 is 0 Å². The van der Waals surface area contributed by atoms with Crippen LogP contribution >= 0.6 is 0 Å². The fourth-order valence-electron chi connectivity index (χ4n) is 6.40. The molecular formula is C42H55N5O4Si. The average Bonchev–Trinajstić information content (AvgIpc) is 3.10. The van der Waals surface area contributed by atoms with Crippen LogP contribution in [0.4, 0.5) is 11.4 Å². The van der Waals surface area contributed by atoms with E-state index in [0.29, 0.717) is 35.9 Å². The summed E-state index contributed by atoms with van der Waals surface area (Å²) in [6.45, 7) is 20.8. The number of unbranched alkanes of at least 4 members (excludes halogenated alkanes) is 1. The van der Waals surface area contributed by atoms with Gasteiger partial charge in [0, 0.05) is 50.4 Å². The number of carbonyl (C=O) groups is 2. The first kappa shape index (κ1) is 39.0. The molecule has 1 aliphatic rings. The molecule has 0 saturated heterocycles. The van der Waals surface area contributed by atoms with Gasteiger partial charge in [-0.05, 0) is 128 Å². The second-order valence-electron chi connectivity index (χ2n) is 15.5. The normalized spacial score (nSPS) is 13.5. The molecule has 0 bridgehead atoms. The summed E-state index contributed by atoms with van der Waals surface area (Å²) in [5.74, 6) is -0.524. The molecule has 2 amide bonds. The highest BCUT2D eigenvalue weighted by Gasteiger charge is 2.37. The van der Waals surface area contributed by atoms with Gasteiger partial charge in [0.05, 0.1) is 5.69 Å². The molecule has 3 heterocycles. The number of hydrogen-bond acceptors (Lipinski definition) is 7.